The van der Waals surface area contributed by atoms with Crippen molar-refractivity contribution >= 4 is 5.78 Å². The molecule has 0 saturated heterocycles. The zero-order valence-corrected chi connectivity index (χ0v) is 17.6. The Morgan fingerprint density at radius 3 is 1.03 bits per heavy atom. The van der Waals surface area contributed by atoms with Gasteiger partial charge in [-0.3, -0.25) is 4.79 Å². The standard InChI is InChI=1S/C23H24F6O/c1-11-7-13(3)17(14(4)8-11)19(22(24,25)26)21(30)20(23(27,28)29)18-15(5)9-12(2)10-16(18)6/h7-10,19-20H,1-6H3. The molecule has 0 aromatic heterocycles. The highest BCUT2D eigenvalue weighted by molar-refractivity contribution is 5.94. The highest BCUT2D eigenvalue weighted by Crippen LogP contribution is 2.47. The highest BCUT2D eigenvalue weighted by Gasteiger charge is 2.56. The molecule has 7 heteroatoms. The van der Waals surface area contributed by atoms with Crippen molar-refractivity contribution in [2.45, 2.75) is 65.7 Å². The summed E-state index contributed by atoms with van der Waals surface area (Å²) >= 11 is 0. The van der Waals surface area contributed by atoms with Crippen LogP contribution in [0.25, 0.3) is 0 Å². The third kappa shape index (κ3) is 4.71. The van der Waals surface area contributed by atoms with Gasteiger partial charge >= 0.3 is 12.4 Å². The van der Waals surface area contributed by atoms with Crippen LogP contribution in [0.2, 0.25) is 0 Å². The fraction of sp³-hybridized carbons (Fsp3) is 0.435. The summed E-state index contributed by atoms with van der Waals surface area (Å²) in [7, 11) is 0. The van der Waals surface area contributed by atoms with Crippen LogP contribution in [0.1, 0.15) is 56.3 Å². The number of carbonyl (C=O) groups excluding carboxylic acids is 1. The van der Waals surface area contributed by atoms with Crippen LogP contribution in [0.3, 0.4) is 0 Å². The molecule has 2 unspecified atom stereocenters. The molecular formula is C23H24F6O. The van der Waals surface area contributed by atoms with Crippen molar-refractivity contribution in [2.75, 3.05) is 0 Å². The third-order valence-corrected chi connectivity index (χ3v) is 5.28. The van der Waals surface area contributed by atoms with Crippen LogP contribution in [-0.4, -0.2) is 18.1 Å². The highest BCUT2D eigenvalue weighted by atomic mass is 19.4. The predicted molar refractivity (Wildman–Crippen MR) is 104 cm³/mol. The van der Waals surface area contributed by atoms with E-state index in [0.29, 0.717) is 11.1 Å². The first-order valence-corrected chi connectivity index (χ1v) is 9.38. The van der Waals surface area contributed by atoms with Gasteiger partial charge in [0, 0.05) is 0 Å². The predicted octanol–water partition coefficient (Wildman–Crippen LogP) is 7.10. The van der Waals surface area contributed by atoms with E-state index in [-0.39, 0.29) is 22.3 Å². The Morgan fingerprint density at radius 1 is 0.600 bits per heavy atom. The first kappa shape index (κ1) is 24.0. The van der Waals surface area contributed by atoms with Gasteiger partial charge in [0.15, 0.2) is 5.78 Å². The van der Waals surface area contributed by atoms with E-state index in [1.165, 1.54) is 52.0 Å². The monoisotopic (exact) mass is 430 g/mol. The molecule has 1 nitrogen and oxygen atoms in total. The molecule has 0 amide bonds. The van der Waals surface area contributed by atoms with Gasteiger partial charge in [-0.15, -0.1) is 0 Å². The number of carbonyl (C=O) groups is 1. The molecule has 0 radical (unpaired) electrons. The molecule has 0 N–H and O–H groups in total. The van der Waals surface area contributed by atoms with Gasteiger partial charge in [0.1, 0.15) is 11.8 Å². The first-order valence-electron chi connectivity index (χ1n) is 9.38. The van der Waals surface area contributed by atoms with Gasteiger partial charge in [0.2, 0.25) is 0 Å². The molecular weight excluding hydrogens is 406 g/mol. The molecule has 2 rings (SSSR count). The van der Waals surface area contributed by atoms with Crippen LogP contribution in [0.5, 0.6) is 0 Å². The molecule has 0 spiro atoms. The number of benzene rings is 2. The average Bonchev–Trinajstić information content (AvgIpc) is 2.50. The first-order chi connectivity index (χ1) is 13.6. The van der Waals surface area contributed by atoms with Crippen LogP contribution in [0.15, 0.2) is 24.3 Å². The third-order valence-electron chi connectivity index (χ3n) is 5.28. The van der Waals surface area contributed by atoms with E-state index >= 15 is 0 Å². The second-order valence-corrected chi connectivity index (χ2v) is 7.98. The zero-order valence-electron chi connectivity index (χ0n) is 17.6. The second kappa shape index (κ2) is 8.08. The second-order valence-electron chi connectivity index (χ2n) is 7.98. The molecule has 0 fully saturated rings. The van der Waals surface area contributed by atoms with Crippen molar-refractivity contribution in [1.82, 2.24) is 0 Å². The maximum Gasteiger partial charge on any atom is 0.402 e. The Labute approximate surface area is 172 Å². The number of rotatable bonds is 4. The lowest BCUT2D eigenvalue weighted by atomic mass is 9.77. The Bertz CT molecular complexity index is 845. The lowest BCUT2D eigenvalue weighted by molar-refractivity contribution is -0.184. The summed E-state index contributed by atoms with van der Waals surface area (Å²) in [6, 6.07) is 5.78. The summed E-state index contributed by atoms with van der Waals surface area (Å²) in [5, 5.41) is 0. The molecule has 0 aliphatic rings. The zero-order chi connectivity index (χ0) is 23.2. The summed E-state index contributed by atoms with van der Waals surface area (Å²) in [6.45, 7) is 8.87. The van der Waals surface area contributed by atoms with Gasteiger partial charge in [-0.05, 0) is 74.9 Å². The maximum atomic E-state index is 14.1. The molecule has 2 aromatic carbocycles. The minimum Gasteiger partial charge on any atom is -0.298 e. The molecule has 0 saturated carbocycles. The molecule has 30 heavy (non-hydrogen) atoms. The molecule has 2 aromatic rings. The van der Waals surface area contributed by atoms with Crippen LogP contribution in [-0.2, 0) is 4.79 Å². The van der Waals surface area contributed by atoms with Crippen molar-refractivity contribution in [1.29, 1.82) is 0 Å². The van der Waals surface area contributed by atoms with Crippen LogP contribution >= 0.6 is 0 Å². The SMILES string of the molecule is Cc1cc(C)c(C(C(=O)C(c2c(C)cc(C)cc2C)C(F)(F)F)C(F)(F)F)c(C)c1. The van der Waals surface area contributed by atoms with Crippen molar-refractivity contribution in [3.63, 3.8) is 0 Å². The van der Waals surface area contributed by atoms with Gasteiger partial charge in [0.25, 0.3) is 0 Å². The topological polar surface area (TPSA) is 17.1 Å². The van der Waals surface area contributed by atoms with E-state index in [1.54, 1.807) is 13.8 Å². The normalized spacial score (nSPS) is 14.5. The molecule has 0 bridgehead atoms. The quantitative estimate of drug-likeness (QED) is 0.473. The molecule has 2 atom stereocenters. The molecule has 164 valence electrons. The lowest BCUT2D eigenvalue weighted by Gasteiger charge is -2.30. The summed E-state index contributed by atoms with van der Waals surface area (Å²) < 4.78 is 84.3. The number of Topliss-reactive ketones (excluding diaryl/α,β-unsaturated/α-hetero) is 1. The van der Waals surface area contributed by atoms with E-state index in [1.807, 2.05) is 0 Å². The summed E-state index contributed by atoms with van der Waals surface area (Å²) in [4.78, 5) is 13.1. The fourth-order valence-electron chi connectivity index (χ4n) is 4.39. The van der Waals surface area contributed by atoms with Gasteiger partial charge in [0.05, 0.1) is 0 Å². The lowest BCUT2D eigenvalue weighted by Crippen LogP contribution is -2.39. The van der Waals surface area contributed by atoms with E-state index in [4.69, 9.17) is 0 Å². The van der Waals surface area contributed by atoms with E-state index < -0.39 is 41.1 Å². The Balaban J connectivity index is 2.80. The van der Waals surface area contributed by atoms with E-state index in [9.17, 15) is 31.1 Å². The largest absolute Gasteiger partial charge is 0.402 e. The van der Waals surface area contributed by atoms with Crippen molar-refractivity contribution in [3.05, 3.63) is 68.8 Å². The number of hydrogen-bond acceptors (Lipinski definition) is 1. The number of hydrogen-bond donors (Lipinski definition) is 0. The van der Waals surface area contributed by atoms with Crippen molar-refractivity contribution < 1.29 is 31.1 Å². The number of aryl methyl sites for hydroxylation is 6. The van der Waals surface area contributed by atoms with Crippen LogP contribution in [0, 0.1) is 41.5 Å². The van der Waals surface area contributed by atoms with Crippen LogP contribution < -0.4 is 0 Å². The van der Waals surface area contributed by atoms with Gasteiger partial charge in [-0.2, -0.15) is 26.3 Å². The van der Waals surface area contributed by atoms with Crippen molar-refractivity contribution in [2.24, 2.45) is 0 Å². The van der Waals surface area contributed by atoms with Gasteiger partial charge in [-0.25, -0.2) is 0 Å². The minimum absolute atomic E-state index is 0.140. The van der Waals surface area contributed by atoms with E-state index in [0.717, 1.165) is 0 Å². The minimum atomic E-state index is -5.17. The summed E-state index contributed by atoms with van der Waals surface area (Å²) in [5.74, 6) is -7.64. The molecule has 0 aliphatic carbocycles. The summed E-state index contributed by atoms with van der Waals surface area (Å²) in [5.41, 5.74) is 1.08. The number of alkyl halides is 6. The molecule has 0 heterocycles. The molecule has 0 aliphatic heterocycles. The fourth-order valence-corrected chi connectivity index (χ4v) is 4.39. The summed E-state index contributed by atoms with van der Waals surface area (Å²) in [6.07, 6.45) is -10.3. The number of ketones is 1. The Morgan fingerprint density at radius 2 is 0.833 bits per heavy atom. The Kier molecular flexibility index (Phi) is 6.45. The average molecular weight is 430 g/mol. The van der Waals surface area contributed by atoms with Gasteiger partial charge < -0.3 is 0 Å². The van der Waals surface area contributed by atoms with Crippen LogP contribution in [0.4, 0.5) is 26.3 Å². The maximum absolute atomic E-state index is 14.1. The Hall–Kier alpha value is -2.31. The number of halogens is 6. The van der Waals surface area contributed by atoms with Crippen molar-refractivity contribution in [3.8, 4) is 0 Å². The van der Waals surface area contributed by atoms with E-state index in [2.05, 4.69) is 0 Å². The van der Waals surface area contributed by atoms with Gasteiger partial charge in [-0.1, -0.05) is 35.4 Å². The smallest absolute Gasteiger partial charge is 0.298 e.